The monoisotopic (exact) mass is 296 g/mol. The molecule has 1 aromatic heterocycles. The normalized spacial score (nSPS) is 16.9. The molecule has 0 bridgehead atoms. The zero-order chi connectivity index (χ0) is 14.5. The molecule has 2 aliphatic carbocycles. The molecule has 0 atom stereocenters. The Morgan fingerprint density at radius 3 is 2.81 bits per heavy atom. The molecule has 2 aliphatic rings. The van der Waals surface area contributed by atoms with E-state index in [2.05, 4.69) is 28.2 Å². The number of allylic oxidation sites excluding steroid dienone is 6. The minimum Gasteiger partial charge on any atom is -0.227 e. The van der Waals surface area contributed by atoms with Crippen molar-refractivity contribution in [2.75, 3.05) is 0 Å². The van der Waals surface area contributed by atoms with Gasteiger partial charge in [-0.25, -0.2) is 9.97 Å². The van der Waals surface area contributed by atoms with Crippen molar-refractivity contribution in [3.05, 3.63) is 76.9 Å². The van der Waals surface area contributed by atoms with Crippen molar-refractivity contribution in [2.45, 2.75) is 25.7 Å². The maximum Gasteiger partial charge on any atom is 0.222 e. The molecule has 3 heteroatoms. The lowest BCUT2D eigenvalue weighted by Crippen LogP contribution is -2.01. The van der Waals surface area contributed by atoms with Crippen LogP contribution in [0.15, 0.2) is 65.9 Å². The van der Waals surface area contributed by atoms with Crippen LogP contribution in [0.3, 0.4) is 0 Å². The standard InChI is InChI=1S/C18H17ClN2/c19-18-20-12-6-2-1-3-9-17(21-18)16-11-10-14-7-4-5-8-15(14)13-16/h1-4,6-7,9,12-13H,5,8,10-11H2. The summed E-state index contributed by atoms with van der Waals surface area (Å²) < 4.78 is 0. The van der Waals surface area contributed by atoms with Gasteiger partial charge in [0.05, 0.1) is 5.69 Å². The van der Waals surface area contributed by atoms with Gasteiger partial charge in [-0.1, -0.05) is 36.4 Å². The molecule has 0 aromatic carbocycles. The number of hydrogen-bond acceptors (Lipinski definition) is 2. The van der Waals surface area contributed by atoms with Gasteiger partial charge in [-0.15, -0.1) is 0 Å². The molecule has 1 heterocycles. The number of aromatic nitrogens is 2. The summed E-state index contributed by atoms with van der Waals surface area (Å²) in [7, 11) is 0. The summed E-state index contributed by atoms with van der Waals surface area (Å²) in [5.41, 5.74) is 5.06. The van der Waals surface area contributed by atoms with Crippen molar-refractivity contribution in [1.29, 1.82) is 0 Å². The zero-order valence-electron chi connectivity index (χ0n) is 11.8. The third-order valence-corrected chi connectivity index (χ3v) is 3.90. The first-order valence-corrected chi connectivity index (χ1v) is 7.62. The summed E-state index contributed by atoms with van der Waals surface area (Å²) in [5, 5.41) is 0.269. The van der Waals surface area contributed by atoms with E-state index < -0.39 is 0 Å². The fourth-order valence-electron chi connectivity index (χ4n) is 2.67. The second-order valence-corrected chi connectivity index (χ2v) is 5.48. The number of halogens is 1. The number of nitrogens with zero attached hydrogens (tertiary/aromatic N) is 2. The Bertz CT molecular complexity index is 685. The average molecular weight is 297 g/mol. The molecule has 2 nitrogen and oxygen atoms in total. The minimum absolute atomic E-state index is 0.269. The van der Waals surface area contributed by atoms with Gasteiger partial charge in [-0.05, 0) is 66.1 Å². The van der Waals surface area contributed by atoms with Crippen molar-refractivity contribution in [3.8, 4) is 0 Å². The van der Waals surface area contributed by atoms with E-state index in [4.69, 9.17) is 11.6 Å². The van der Waals surface area contributed by atoms with Crippen LogP contribution in [0, 0.1) is 0 Å². The van der Waals surface area contributed by atoms with Gasteiger partial charge in [-0.3, -0.25) is 0 Å². The van der Waals surface area contributed by atoms with Crippen LogP contribution in [0.4, 0.5) is 0 Å². The molecular formula is C18H17ClN2. The lowest BCUT2D eigenvalue weighted by Gasteiger charge is -2.20. The van der Waals surface area contributed by atoms with Crippen LogP contribution in [0.25, 0.3) is 5.57 Å². The Balaban J connectivity index is 2.04. The number of hydrogen-bond donors (Lipinski definition) is 0. The van der Waals surface area contributed by atoms with Crippen molar-refractivity contribution in [1.82, 2.24) is 9.97 Å². The van der Waals surface area contributed by atoms with E-state index in [0.29, 0.717) is 0 Å². The van der Waals surface area contributed by atoms with Crippen LogP contribution in [0.2, 0.25) is 5.28 Å². The van der Waals surface area contributed by atoms with Crippen molar-refractivity contribution in [2.24, 2.45) is 0 Å². The van der Waals surface area contributed by atoms with E-state index in [-0.39, 0.29) is 5.28 Å². The third-order valence-electron chi connectivity index (χ3n) is 3.72. The third kappa shape index (κ3) is 3.59. The number of rotatable bonds is 1. The lowest BCUT2D eigenvalue weighted by atomic mass is 9.86. The van der Waals surface area contributed by atoms with E-state index in [1.165, 1.54) is 16.7 Å². The van der Waals surface area contributed by atoms with Crippen LogP contribution < -0.4 is 0 Å². The smallest absolute Gasteiger partial charge is 0.222 e. The predicted octanol–water partition coefficient (Wildman–Crippen LogP) is 5.08. The summed E-state index contributed by atoms with van der Waals surface area (Å²) >= 11 is 6.07. The quantitative estimate of drug-likeness (QED) is 0.722. The molecule has 1 aromatic rings. The maximum atomic E-state index is 6.07. The Labute approximate surface area is 130 Å². The highest BCUT2D eigenvalue weighted by Crippen LogP contribution is 2.34. The molecule has 0 amide bonds. The highest BCUT2D eigenvalue weighted by molar-refractivity contribution is 6.28. The van der Waals surface area contributed by atoms with E-state index in [0.717, 1.165) is 31.4 Å². The first-order chi connectivity index (χ1) is 10.3. The summed E-state index contributed by atoms with van der Waals surface area (Å²) in [6.07, 6.45) is 12.8. The fourth-order valence-corrected chi connectivity index (χ4v) is 2.82. The van der Waals surface area contributed by atoms with Gasteiger partial charge in [0, 0.05) is 6.20 Å². The molecule has 0 saturated carbocycles. The van der Waals surface area contributed by atoms with Crippen molar-refractivity contribution in [3.63, 3.8) is 0 Å². The van der Waals surface area contributed by atoms with Crippen LogP contribution >= 0.6 is 11.6 Å². The first-order valence-electron chi connectivity index (χ1n) is 7.24. The van der Waals surface area contributed by atoms with Gasteiger partial charge in [-0.2, -0.15) is 0 Å². The van der Waals surface area contributed by atoms with Gasteiger partial charge in [0.1, 0.15) is 0 Å². The second-order valence-electron chi connectivity index (χ2n) is 5.14. The molecular weight excluding hydrogens is 280 g/mol. The van der Waals surface area contributed by atoms with Crippen LogP contribution in [0.5, 0.6) is 0 Å². The van der Waals surface area contributed by atoms with Gasteiger partial charge in [0.15, 0.2) is 0 Å². The van der Waals surface area contributed by atoms with Crippen LogP contribution in [-0.4, -0.2) is 9.97 Å². The average Bonchev–Trinajstić information content (AvgIpc) is 2.52. The van der Waals surface area contributed by atoms with Crippen LogP contribution in [0.1, 0.15) is 31.4 Å². The van der Waals surface area contributed by atoms with E-state index >= 15 is 0 Å². The molecule has 0 radical (unpaired) electrons. The van der Waals surface area contributed by atoms with Crippen molar-refractivity contribution >= 4 is 17.2 Å². The summed E-state index contributed by atoms with van der Waals surface area (Å²) in [4.78, 5) is 8.54. The van der Waals surface area contributed by atoms with E-state index in [1.807, 2.05) is 30.3 Å². The molecule has 0 unspecified atom stereocenters. The van der Waals surface area contributed by atoms with Gasteiger partial charge in [0.25, 0.3) is 0 Å². The molecule has 3 rings (SSSR count). The van der Waals surface area contributed by atoms with Crippen molar-refractivity contribution < 1.29 is 0 Å². The largest absolute Gasteiger partial charge is 0.227 e. The van der Waals surface area contributed by atoms with Gasteiger partial charge < -0.3 is 0 Å². The Hall–Kier alpha value is -1.93. The Kier molecular flexibility index (Phi) is 4.46. The minimum atomic E-state index is 0.269. The predicted molar refractivity (Wildman–Crippen MR) is 87.3 cm³/mol. The summed E-state index contributed by atoms with van der Waals surface area (Å²) in [6.45, 7) is 0. The Morgan fingerprint density at radius 2 is 1.86 bits per heavy atom. The van der Waals surface area contributed by atoms with Gasteiger partial charge in [0.2, 0.25) is 5.28 Å². The maximum absolute atomic E-state index is 6.07. The molecule has 0 spiro atoms. The molecule has 0 aliphatic heterocycles. The topological polar surface area (TPSA) is 25.8 Å². The SMILES string of the molecule is Clc1nccccccc(C2=CC3=C(C=CCC3)CC2)n1. The van der Waals surface area contributed by atoms with E-state index in [9.17, 15) is 0 Å². The molecule has 0 N–H and O–H groups in total. The van der Waals surface area contributed by atoms with E-state index in [1.54, 1.807) is 6.20 Å². The lowest BCUT2D eigenvalue weighted by molar-refractivity contribution is 0.890. The second kappa shape index (κ2) is 6.68. The fraction of sp³-hybridized carbons (Fsp3) is 0.222. The van der Waals surface area contributed by atoms with Gasteiger partial charge >= 0.3 is 0 Å². The zero-order valence-corrected chi connectivity index (χ0v) is 12.6. The molecule has 106 valence electrons. The summed E-state index contributed by atoms with van der Waals surface area (Å²) in [6, 6.07) is 9.72. The highest BCUT2D eigenvalue weighted by Gasteiger charge is 2.15. The molecule has 0 fully saturated rings. The molecule has 21 heavy (non-hydrogen) atoms. The highest BCUT2D eigenvalue weighted by atomic mass is 35.5. The first kappa shape index (κ1) is 14.0. The van der Waals surface area contributed by atoms with Crippen LogP contribution in [-0.2, 0) is 0 Å². The molecule has 0 saturated heterocycles. The summed E-state index contributed by atoms with van der Waals surface area (Å²) in [5.74, 6) is 0. The Morgan fingerprint density at radius 1 is 0.952 bits per heavy atom.